The molecule has 7 heteroatoms. The summed E-state index contributed by atoms with van der Waals surface area (Å²) < 4.78 is 28.0. The number of hydrogen-bond acceptors (Lipinski definition) is 3. The van der Waals surface area contributed by atoms with E-state index in [9.17, 15) is 18.4 Å². The van der Waals surface area contributed by atoms with Crippen LogP contribution in [0.5, 0.6) is 0 Å². The second kappa shape index (κ2) is 6.98. The number of nitrogens with one attached hydrogen (secondary N) is 1. The molecule has 1 unspecified atom stereocenters. The molecule has 2 fully saturated rings. The SMILES string of the molecule is CN(C)c1c(F)cc(NC(=O)C2CC(=O)N(C3CCCC3)C2)cc1F. The fourth-order valence-corrected chi connectivity index (χ4v) is 3.79. The Kier molecular flexibility index (Phi) is 4.92. The summed E-state index contributed by atoms with van der Waals surface area (Å²) in [6.45, 7) is 0.385. The predicted molar refractivity (Wildman–Crippen MR) is 91.4 cm³/mol. The number of likely N-dealkylation sites (tertiary alicyclic amines) is 1. The van der Waals surface area contributed by atoms with E-state index in [0.717, 1.165) is 37.8 Å². The molecule has 0 bridgehead atoms. The number of carbonyl (C=O) groups excluding carboxylic acids is 2. The van der Waals surface area contributed by atoms with Gasteiger partial charge in [-0.05, 0) is 25.0 Å². The first-order chi connectivity index (χ1) is 11.9. The van der Waals surface area contributed by atoms with E-state index < -0.39 is 17.6 Å². The molecule has 2 amide bonds. The lowest BCUT2D eigenvalue weighted by molar-refractivity contribution is -0.129. The second-order valence-electron chi connectivity index (χ2n) is 7.06. The third kappa shape index (κ3) is 3.60. The molecule has 1 saturated carbocycles. The van der Waals surface area contributed by atoms with E-state index in [4.69, 9.17) is 0 Å². The highest BCUT2D eigenvalue weighted by Gasteiger charge is 2.38. The zero-order valence-electron chi connectivity index (χ0n) is 14.5. The van der Waals surface area contributed by atoms with Gasteiger partial charge in [0.2, 0.25) is 11.8 Å². The molecule has 1 aliphatic heterocycles. The minimum atomic E-state index is -0.740. The molecule has 25 heavy (non-hydrogen) atoms. The van der Waals surface area contributed by atoms with E-state index in [1.165, 1.54) is 4.90 Å². The van der Waals surface area contributed by atoms with Gasteiger partial charge >= 0.3 is 0 Å². The molecule has 2 aliphatic rings. The van der Waals surface area contributed by atoms with E-state index in [2.05, 4.69) is 5.32 Å². The van der Waals surface area contributed by atoms with Gasteiger partial charge in [-0.25, -0.2) is 8.78 Å². The Bertz CT molecular complexity index is 664. The molecule has 1 aromatic rings. The van der Waals surface area contributed by atoms with Gasteiger partial charge in [0.1, 0.15) is 5.69 Å². The topological polar surface area (TPSA) is 52.7 Å². The molecule has 1 N–H and O–H groups in total. The normalized spacial score (nSPS) is 21.0. The average molecular weight is 351 g/mol. The van der Waals surface area contributed by atoms with Gasteiger partial charge in [-0.15, -0.1) is 0 Å². The van der Waals surface area contributed by atoms with Crippen LogP contribution in [0.15, 0.2) is 12.1 Å². The standard InChI is InChI=1S/C18H23F2N3O2/c1-22(2)17-14(19)8-12(9-15(17)20)21-18(25)11-7-16(24)23(10-11)13-5-3-4-6-13/h8-9,11,13H,3-7,10H2,1-2H3,(H,21,25). The maximum atomic E-state index is 14.0. The third-order valence-electron chi connectivity index (χ3n) is 5.03. The summed E-state index contributed by atoms with van der Waals surface area (Å²) in [4.78, 5) is 27.7. The van der Waals surface area contributed by atoms with E-state index >= 15 is 0 Å². The monoisotopic (exact) mass is 351 g/mol. The zero-order valence-corrected chi connectivity index (χ0v) is 14.5. The highest BCUT2D eigenvalue weighted by Crippen LogP contribution is 2.30. The Labute approximate surface area is 146 Å². The Hall–Kier alpha value is -2.18. The summed E-state index contributed by atoms with van der Waals surface area (Å²) in [6, 6.07) is 2.43. The van der Waals surface area contributed by atoms with Gasteiger partial charge in [-0.1, -0.05) is 12.8 Å². The van der Waals surface area contributed by atoms with Gasteiger partial charge in [0.05, 0.1) is 5.92 Å². The van der Waals surface area contributed by atoms with Crippen LogP contribution in [0.1, 0.15) is 32.1 Å². The molecular weight excluding hydrogens is 328 g/mol. The Morgan fingerprint density at radius 2 is 1.80 bits per heavy atom. The lowest BCUT2D eigenvalue weighted by atomic mass is 10.1. The first kappa shape index (κ1) is 17.6. The van der Waals surface area contributed by atoms with E-state index in [-0.39, 0.29) is 35.7 Å². The minimum absolute atomic E-state index is 0.00707. The maximum Gasteiger partial charge on any atom is 0.229 e. The van der Waals surface area contributed by atoms with Crippen molar-refractivity contribution < 1.29 is 18.4 Å². The van der Waals surface area contributed by atoms with Crippen LogP contribution >= 0.6 is 0 Å². The van der Waals surface area contributed by atoms with Gasteiger partial charge in [0.15, 0.2) is 11.6 Å². The van der Waals surface area contributed by atoms with E-state index in [1.54, 1.807) is 19.0 Å². The number of rotatable bonds is 4. The fraction of sp³-hybridized carbons (Fsp3) is 0.556. The number of halogens is 2. The Morgan fingerprint density at radius 1 is 1.20 bits per heavy atom. The summed E-state index contributed by atoms with van der Waals surface area (Å²) in [5, 5.41) is 2.55. The zero-order chi connectivity index (χ0) is 18.1. The lowest BCUT2D eigenvalue weighted by Crippen LogP contribution is -2.35. The smallest absolute Gasteiger partial charge is 0.229 e. The summed E-state index contributed by atoms with van der Waals surface area (Å²) in [7, 11) is 3.09. The third-order valence-corrected chi connectivity index (χ3v) is 5.03. The number of amides is 2. The van der Waals surface area contributed by atoms with Crippen molar-refractivity contribution in [3.63, 3.8) is 0 Å². The van der Waals surface area contributed by atoms with Crippen molar-refractivity contribution >= 4 is 23.2 Å². The maximum absolute atomic E-state index is 14.0. The minimum Gasteiger partial charge on any atom is -0.373 e. The van der Waals surface area contributed by atoms with Crippen molar-refractivity contribution in [2.24, 2.45) is 5.92 Å². The molecule has 1 aliphatic carbocycles. The van der Waals surface area contributed by atoms with Crippen LogP contribution in [0.25, 0.3) is 0 Å². The highest BCUT2D eigenvalue weighted by atomic mass is 19.1. The Morgan fingerprint density at radius 3 is 2.36 bits per heavy atom. The molecule has 1 atom stereocenters. The summed E-state index contributed by atoms with van der Waals surface area (Å²) in [6.07, 6.45) is 4.36. The largest absolute Gasteiger partial charge is 0.373 e. The fourth-order valence-electron chi connectivity index (χ4n) is 3.79. The molecule has 1 heterocycles. The summed E-state index contributed by atoms with van der Waals surface area (Å²) in [5.41, 5.74) is -0.0844. The van der Waals surface area contributed by atoms with Gasteiger partial charge in [-0.2, -0.15) is 0 Å². The van der Waals surface area contributed by atoms with Crippen molar-refractivity contribution in [3.8, 4) is 0 Å². The molecule has 0 spiro atoms. The second-order valence-corrected chi connectivity index (χ2v) is 7.06. The van der Waals surface area contributed by atoms with Crippen molar-refractivity contribution in [3.05, 3.63) is 23.8 Å². The van der Waals surface area contributed by atoms with Crippen LogP contribution in [0.3, 0.4) is 0 Å². The molecule has 5 nitrogen and oxygen atoms in total. The van der Waals surface area contributed by atoms with Crippen LogP contribution < -0.4 is 10.2 Å². The molecule has 3 rings (SSSR count). The molecule has 1 aromatic carbocycles. The number of nitrogens with zero attached hydrogens (tertiary/aromatic N) is 2. The molecule has 0 aromatic heterocycles. The van der Waals surface area contributed by atoms with Gasteiger partial charge in [-0.3, -0.25) is 9.59 Å². The van der Waals surface area contributed by atoms with Crippen LogP contribution in [0, 0.1) is 17.6 Å². The van der Waals surface area contributed by atoms with Crippen LogP contribution in [0.4, 0.5) is 20.2 Å². The predicted octanol–water partition coefficient (Wildman–Crippen LogP) is 2.76. The number of anilines is 2. The first-order valence-electron chi connectivity index (χ1n) is 8.63. The number of hydrogen-bond donors (Lipinski definition) is 1. The van der Waals surface area contributed by atoms with Crippen molar-refractivity contribution in [1.29, 1.82) is 0 Å². The number of benzene rings is 1. The van der Waals surface area contributed by atoms with E-state index in [0.29, 0.717) is 6.54 Å². The average Bonchev–Trinajstić information content (AvgIpc) is 3.14. The van der Waals surface area contributed by atoms with Crippen molar-refractivity contribution in [1.82, 2.24) is 4.90 Å². The van der Waals surface area contributed by atoms with Crippen molar-refractivity contribution in [2.45, 2.75) is 38.1 Å². The van der Waals surface area contributed by atoms with E-state index in [1.807, 2.05) is 0 Å². The molecule has 1 saturated heterocycles. The molecule has 0 radical (unpaired) electrons. The van der Waals surface area contributed by atoms with Crippen LogP contribution in [-0.2, 0) is 9.59 Å². The van der Waals surface area contributed by atoms with Crippen LogP contribution in [0.2, 0.25) is 0 Å². The summed E-state index contributed by atoms with van der Waals surface area (Å²) >= 11 is 0. The first-order valence-corrected chi connectivity index (χ1v) is 8.63. The number of carbonyl (C=O) groups is 2. The summed E-state index contributed by atoms with van der Waals surface area (Å²) in [5.74, 6) is -2.34. The van der Waals surface area contributed by atoms with Gasteiger partial charge in [0.25, 0.3) is 0 Å². The quantitative estimate of drug-likeness (QED) is 0.908. The molecule has 136 valence electrons. The van der Waals surface area contributed by atoms with Gasteiger partial charge < -0.3 is 15.1 Å². The Balaban J connectivity index is 1.67. The van der Waals surface area contributed by atoms with Gasteiger partial charge in [0, 0.05) is 38.8 Å². The highest BCUT2D eigenvalue weighted by molar-refractivity contribution is 5.97. The lowest BCUT2D eigenvalue weighted by Gasteiger charge is -2.24. The van der Waals surface area contributed by atoms with Crippen LogP contribution in [-0.4, -0.2) is 43.4 Å². The van der Waals surface area contributed by atoms with Crippen molar-refractivity contribution in [2.75, 3.05) is 30.9 Å². The molecular formula is C18H23F2N3O2.